The van der Waals surface area contributed by atoms with Gasteiger partial charge in [-0.1, -0.05) is 20.8 Å². The first-order valence-electron chi connectivity index (χ1n) is 6.20. The van der Waals surface area contributed by atoms with Crippen LogP contribution in [0.2, 0.25) is 0 Å². The third-order valence-corrected chi connectivity index (χ3v) is 2.93. The summed E-state index contributed by atoms with van der Waals surface area (Å²) < 4.78 is 1.59. The Hall–Kier alpha value is -1.85. The van der Waals surface area contributed by atoms with Crippen molar-refractivity contribution in [2.24, 2.45) is 7.05 Å². The molecule has 0 saturated carbocycles. The second kappa shape index (κ2) is 5.42. The molecule has 0 fully saturated rings. The number of likely N-dealkylation sites (N-methyl/N-ethyl adjacent to an activating group) is 1. The van der Waals surface area contributed by atoms with Gasteiger partial charge in [-0.15, -0.1) is 0 Å². The van der Waals surface area contributed by atoms with E-state index in [1.165, 1.54) is 4.90 Å². The van der Waals surface area contributed by atoms with E-state index in [-0.39, 0.29) is 5.41 Å². The molecule has 0 saturated heterocycles. The van der Waals surface area contributed by atoms with Gasteiger partial charge in [0.15, 0.2) is 6.04 Å². The van der Waals surface area contributed by atoms with Crippen molar-refractivity contribution in [3.63, 3.8) is 0 Å². The maximum atomic E-state index is 11.5. The van der Waals surface area contributed by atoms with E-state index in [4.69, 9.17) is 0 Å². The van der Waals surface area contributed by atoms with Crippen LogP contribution >= 0.6 is 0 Å². The number of amides is 1. The molecule has 6 heteroatoms. The van der Waals surface area contributed by atoms with E-state index >= 15 is 0 Å². The van der Waals surface area contributed by atoms with Crippen LogP contribution in [-0.4, -0.2) is 38.7 Å². The molecular formula is C13H21N3O3. The first kappa shape index (κ1) is 15.2. The molecule has 1 amide bonds. The minimum Gasteiger partial charge on any atom is -0.479 e. The molecule has 0 aliphatic heterocycles. The predicted molar refractivity (Wildman–Crippen MR) is 70.7 cm³/mol. The summed E-state index contributed by atoms with van der Waals surface area (Å²) in [5.74, 6) is -1.05. The SMILES string of the molecule is CCN(C=O)C(C(=O)O)c1cn(C)nc1C(C)(C)C. The lowest BCUT2D eigenvalue weighted by Crippen LogP contribution is -2.34. The van der Waals surface area contributed by atoms with Gasteiger partial charge in [-0.3, -0.25) is 9.48 Å². The van der Waals surface area contributed by atoms with E-state index in [1.807, 2.05) is 20.8 Å². The Morgan fingerprint density at radius 1 is 1.58 bits per heavy atom. The number of carbonyl (C=O) groups excluding carboxylic acids is 1. The number of aryl methyl sites for hydroxylation is 1. The van der Waals surface area contributed by atoms with Crippen LogP contribution in [0.15, 0.2) is 6.20 Å². The molecule has 6 nitrogen and oxygen atoms in total. The fraction of sp³-hybridized carbons (Fsp3) is 0.615. The topological polar surface area (TPSA) is 75.4 Å². The minimum atomic E-state index is -1.05. The molecule has 1 aromatic rings. The van der Waals surface area contributed by atoms with E-state index < -0.39 is 12.0 Å². The van der Waals surface area contributed by atoms with Gasteiger partial charge in [0.25, 0.3) is 0 Å². The van der Waals surface area contributed by atoms with Crippen LogP contribution < -0.4 is 0 Å². The Morgan fingerprint density at radius 3 is 2.53 bits per heavy atom. The van der Waals surface area contributed by atoms with E-state index in [9.17, 15) is 14.7 Å². The molecule has 106 valence electrons. The smallest absolute Gasteiger partial charge is 0.331 e. The van der Waals surface area contributed by atoms with Crippen molar-refractivity contribution in [1.82, 2.24) is 14.7 Å². The second-order valence-corrected chi connectivity index (χ2v) is 5.53. The largest absolute Gasteiger partial charge is 0.479 e. The number of aliphatic carboxylic acids is 1. The van der Waals surface area contributed by atoms with Crippen molar-refractivity contribution in [2.75, 3.05) is 6.54 Å². The number of nitrogens with zero attached hydrogens (tertiary/aromatic N) is 3. The highest BCUT2D eigenvalue weighted by Gasteiger charge is 2.33. The lowest BCUT2D eigenvalue weighted by atomic mass is 9.87. The fourth-order valence-electron chi connectivity index (χ4n) is 2.06. The average molecular weight is 267 g/mol. The molecule has 1 atom stereocenters. The normalized spacial score (nSPS) is 13.1. The molecule has 0 radical (unpaired) electrons. The molecule has 1 aromatic heterocycles. The third-order valence-electron chi connectivity index (χ3n) is 2.93. The van der Waals surface area contributed by atoms with Crippen LogP contribution in [0.3, 0.4) is 0 Å². The Balaban J connectivity index is 3.39. The van der Waals surface area contributed by atoms with Gasteiger partial charge in [-0.25, -0.2) is 4.79 Å². The van der Waals surface area contributed by atoms with Crippen LogP contribution in [-0.2, 0) is 22.1 Å². The van der Waals surface area contributed by atoms with Crippen LogP contribution in [0, 0.1) is 0 Å². The third kappa shape index (κ3) is 3.13. The van der Waals surface area contributed by atoms with Crippen LogP contribution in [0.1, 0.15) is 45.0 Å². The number of aromatic nitrogens is 2. The maximum absolute atomic E-state index is 11.5. The molecule has 0 aliphatic rings. The number of hydrogen-bond acceptors (Lipinski definition) is 3. The Labute approximate surface area is 113 Å². The van der Waals surface area contributed by atoms with Crippen molar-refractivity contribution >= 4 is 12.4 Å². The van der Waals surface area contributed by atoms with Crippen molar-refractivity contribution in [1.29, 1.82) is 0 Å². The highest BCUT2D eigenvalue weighted by atomic mass is 16.4. The molecule has 0 aromatic carbocycles. The Bertz CT molecular complexity index is 474. The van der Waals surface area contributed by atoms with Crippen LogP contribution in [0.4, 0.5) is 0 Å². The van der Waals surface area contributed by atoms with Crippen molar-refractivity contribution < 1.29 is 14.7 Å². The van der Waals surface area contributed by atoms with Crippen LogP contribution in [0.25, 0.3) is 0 Å². The molecule has 0 aliphatic carbocycles. The minimum absolute atomic E-state index is 0.285. The standard InChI is InChI=1S/C13H21N3O3/c1-6-16(8-17)10(12(18)19)9-7-15(5)14-11(9)13(2,3)4/h7-8,10H,6H2,1-5H3,(H,18,19). The highest BCUT2D eigenvalue weighted by Crippen LogP contribution is 2.31. The van der Waals surface area contributed by atoms with Gasteiger partial charge in [-0.05, 0) is 6.92 Å². The molecule has 1 heterocycles. The molecule has 0 bridgehead atoms. The van der Waals surface area contributed by atoms with Gasteiger partial charge in [-0.2, -0.15) is 5.10 Å². The lowest BCUT2D eigenvalue weighted by molar-refractivity contribution is -0.146. The van der Waals surface area contributed by atoms with Crippen molar-refractivity contribution in [3.05, 3.63) is 17.5 Å². The van der Waals surface area contributed by atoms with Gasteiger partial charge in [0, 0.05) is 30.8 Å². The first-order chi connectivity index (χ1) is 8.72. The summed E-state index contributed by atoms with van der Waals surface area (Å²) in [6, 6.07) is -0.995. The molecule has 1 N–H and O–H groups in total. The predicted octanol–water partition coefficient (Wildman–Crippen LogP) is 1.32. The number of carboxylic acid groups (broad SMARTS) is 1. The average Bonchev–Trinajstić information content (AvgIpc) is 2.66. The zero-order valence-electron chi connectivity index (χ0n) is 12.0. The molecular weight excluding hydrogens is 246 g/mol. The highest BCUT2D eigenvalue weighted by molar-refractivity contribution is 5.78. The van der Waals surface area contributed by atoms with E-state index in [0.29, 0.717) is 24.2 Å². The van der Waals surface area contributed by atoms with Gasteiger partial charge in [0.1, 0.15) is 0 Å². The molecule has 19 heavy (non-hydrogen) atoms. The van der Waals surface area contributed by atoms with Gasteiger partial charge in [0.05, 0.1) is 5.69 Å². The Morgan fingerprint density at radius 2 is 2.16 bits per heavy atom. The van der Waals surface area contributed by atoms with E-state index in [2.05, 4.69) is 5.10 Å². The number of hydrogen-bond donors (Lipinski definition) is 1. The molecule has 1 rings (SSSR count). The van der Waals surface area contributed by atoms with Crippen LogP contribution in [0.5, 0.6) is 0 Å². The fourth-order valence-corrected chi connectivity index (χ4v) is 2.06. The summed E-state index contributed by atoms with van der Waals surface area (Å²) >= 11 is 0. The van der Waals surface area contributed by atoms with Gasteiger partial charge >= 0.3 is 5.97 Å². The zero-order valence-corrected chi connectivity index (χ0v) is 12.0. The summed E-state index contributed by atoms with van der Waals surface area (Å²) in [6.45, 7) is 7.98. The van der Waals surface area contributed by atoms with Crippen molar-refractivity contribution in [2.45, 2.75) is 39.2 Å². The molecule has 0 spiro atoms. The lowest BCUT2D eigenvalue weighted by Gasteiger charge is -2.26. The molecule has 1 unspecified atom stereocenters. The van der Waals surface area contributed by atoms with E-state index in [1.54, 1.807) is 24.9 Å². The first-order valence-corrected chi connectivity index (χ1v) is 6.20. The maximum Gasteiger partial charge on any atom is 0.331 e. The number of carbonyl (C=O) groups is 2. The zero-order chi connectivity index (χ0) is 14.8. The number of rotatable bonds is 5. The quantitative estimate of drug-likeness (QED) is 0.816. The van der Waals surface area contributed by atoms with Gasteiger partial charge in [0.2, 0.25) is 6.41 Å². The summed E-state index contributed by atoms with van der Waals surface area (Å²) in [5.41, 5.74) is 0.978. The van der Waals surface area contributed by atoms with E-state index in [0.717, 1.165) is 0 Å². The second-order valence-electron chi connectivity index (χ2n) is 5.53. The summed E-state index contributed by atoms with van der Waals surface area (Å²) in [4.78, 5) is 23.8. The van der Waals surface area contributed by atoms with Crippen molar-refractivity contribution in [3.8, 4) is 0 Å². The summed E-state index contributed by atoms with van der Waals surface area (Å²) in [7, 11) is 1.74. The van der Waals surface area contributed by atoms with Gasteiger partial charge < -0.3 is 10.0 Å². The monoisotopic (exact) mass is 267 g/mol. The summed E-state index contributed by atoms with van der Waals surface area (Å²) in [6.07, 6.45) is 2.24. The Kier molecular flexibility index (Phi) is 4.34. The number of carboxylic acids is 1. The summed E-state index contributed by atoms with van der Waals surface area (Å²) in [5, 5.41) is 13.8.